The van der Waals surface area contributed by atoms with Crippen molar-refractivity contribution in [1.29, 1.82) is 0 Å². The Hall–Kier alpha value is -1.52. The van der Waals surface area contributed by atoms with Crippen molar-refractivity contribution in [3.05, 3.63) is 34.9 Å². The second kappa shape index (κ2) is 9.70. The van der Waals surface area contributed by atoms with E-state index in [0.717, 1.165) is 12.0 Å². The van der Waals surface area contributed by atoms with Gasteiger partial charge in [0.1, 0.15) is 6.10 Å². The first-order valence-electron chi connectivity index (χ1n) is 8.70. The molecular formula is C20H30O4. The number of carbonyl (C=O) groups is 2. The topological polar surface area (TPSA) is 74.6 Å². The first kappa shape index (κ1) is 20.5. The smallest absolute Gasteiger partial charge is 0.187 e. The maximum atomic E-state index is 12.6. The minimum atomic E-state index is -1.11. The third-order valence-corrected chi connectivity index (χ3v) is 4.55. The summed E-state index contributed by atoms with van der Waals surface area (Å²) < 4.78 is 0. The van der Waals surface area contributed by atoms with E-state index >= 15 is 0 Å². The van der Waals surface area contributed by atoms with Crippen molar-refractivity contribution in [2.45, 2.75) is 59.5 Å². The van der Waals surface area contributed by atoms with Crippen LogP contribution in [0.4, 0.5) is 0 Å². The van der Waals surface area contributed by atoms with Gasteiger partial charge in [-0.25, -0.2) is 0 Å². The van der Waals surface area contributed by atoms with Gasteiger partial charge in [-0.3, -0.25) is 9.59 Å². The quantitative estimate of drug-likeness (QED) is 0.813. The highest BCUT2D eigenvalue weighted by Gasteiger charge is 2.27. The third-order valence-electron chi connectivity index (χ3n) is 4.55. The van der Waals surface area contributed by atoms with Crippen LogP contribution in [0.2, 0.25) is 0 Å². The Labute approximate surface area is 145 Å². The van der Waals surface area contributed by atoms with Crippen LogP contribution in [-0.4, -0.2) is 34.5 Å². The Morgan fingerprint density at radius 2 is 1.88 bits per heavy atom. The highest BCUT2D eigenvalue weighted by atomic mass is 16.3. The maximum absolute atomic E-state index is 12.6. The number of hydrogen-bond acceptors (Lipinski definition) is 4. The molecule has 2 atom stereocenters. The van der Waals surface area contributed by atoms with Crippen LogP contribution in [0.1, 0.15) is 53.4 Å². The fourth-order valence-corrected chi connectivity index (χ4v) is 2.72. The fourth-order valence-electron chi connectivity index (χ4n) is 2.72. The second-order valence-electron chi connectivity index (χ2n) is 6.96. The van der Waals surface area contributed by atoms with Gasteiger partial charge in [0.15, 0.2) is 11.6 Å². The molecule has 0 radical (unpaired) electrons. The number of ketones is 2. The zero-order valence-corrected chi connectivity index (χ0v) is 15.2. The minimum absolute atomic E-state index is 0.0267. The Balaban J connectivity index is 3.17. The highest BCUT2D eigenvalue weighted by Crippen LogP contribution is 2.22. The molecule has 0 heterocycles. The van der Waals surface area contributed by atoms with E-state index in [4.69, 9.17) is 0 Å². The van der Waals surface area contributed by atoms with Gasteiger partial charge in [-0.1, -0.05) is 44.6 Å². The predicted molar refractivity (Wildman–Crippen MR) is 95.5 cm³/mol. The number of aliphatic hydroxyl groups excluding tert-OH is 2. The molecule has 2 unspecified atom stereocenters. The fraction of sp³-hybridized carbons (Fsp3) is 0.600. The molecule has 0 aliphatic heterocycles. The van der Waals surface area contributed by atoms with E-state index in [0.29, 0.717) is 24.0 Å². The van der Waals surface area contributed by atoms with Crippen LogP contribution in [0.3, 0.4) is 0 Å². The van der Waals surface area contributed by atoms with Crippen molar-refractivity contribution in [2.24, 2.45) is 11.8 Å². The van der Waals surface area contributed by atoms with Gasteiger partial charge in [0.25, 0.3) is 0 Å². The van der Waals surface area contributed by atoms with Gasteiger partial charge >= 0.3 is 0 Å². The molecule has 0 spiro atoms. The molecule has 24 heavy (non-hydrogen) atoms. The molecule has 0 saturated carbocycles. The molecule has 4 nitrogen and oxygen atoms in total. The summed E-state index contributed by atoms with van der Waals surface area (Å²) in [5, 5.41) is 19.7. The molecule has 1 rings (SSSR count). The van der Waals surface area contributed by atoms with Crippen LogP contribution >= 0.6 is 0 Å². The monoisotopic (exact) mass is 334 g/mol. The van der Waals surface area contributed by atoms with E-state index < -0.39 is 6.10 Å². The molecule has 4 heteroatoms. The molecular weight excluding hydrogens is 304 g/mol. The van der Waals surface area contributed by atoms with Gasteiger partial charge in [-0.2, -0.15) is 0 Å². The van der Waals surface area contributed by atoms with Crippen LogP contribution in [0.5, 0.6) is 0 Å². The van der Waals surface area contributed by atoms with Gasteiger partial charge in [-0.15, -0.1) is 0 Å². The number of carbonyl (C=O) groups excluding carboxylic acids is 2. The minimum Gasteiger partial charge on any atom is -0.392 e. The Morgan fingerprint density at radius 3 is 2.46 bits per heavy atom. The van der Waals surface area contributed by atoms with Crippen molar-refractivity contribution >= 4 is 11.6 Å². The highest BCUT2D eigenvalue weighted by molar-refractivity contribution is 5.99. The van der Waals surface area contributed by atoms with Gasteiger partial charge in [0.05, 0.1) is 6.61 Å². The van der Waals surface area contributed by atoms with Crippen molar-refractivity contribution < 1.29 is 19.8 Å². The standard InChI is InChI=1S/C20H30O4/c1-13(2)17-10-8-14(3)6-5-7-16(12-21)18(22)11-9-15(4)19(23)20(17)24/h7-8,10,13,15,19,21,23H,5-6,9,11-12H2,1-4H3. The Morgan fingerprint density at radius 1 is 1.21 bits per heavy atom. The van der Waals surface area contributed by atoms with Crippen LogP contribution in [0, 0.1) is 11.8 Å². The maximum Gasteiger partial charge on any atom is 0.187 e. The third kappa shape index (κ3) is 5.84. The summed E-state index contributed by atoms with van der Waals surface area (Å²) in [6, 6.07) is 0. The number of allylic oxidation sites excluding steroid dienone is 4. The molecule has 0 saturated heterocycles. The van der Waals surface area contributed by atoms with Crippen LogP contribution in [0.15, 0.2) is 34.9 Å². The molecule has 1 aliphatic rings. The molecule has 0 bridgehead atoms. The van der Waals surface area contributed by atoms with E-state index in [9.17, 15) is 19.8 Å². The molecule has 1 aliphatic carbocycles. The average molecular weight is 334 g/mol. The van der Waals surface area contributed by atoms with E-state index in [1.165, 1.54) is 0 Å². The summed E-state index contributed by atoms with van der Waals surface area (Å²) in [4.78, 5) is 24.8. The lowest BCUT2D eigenvalue weighted by Gasteiger charge is -2.21. The summed E-state index contributed by atoms with van der Waals surface area (Å²) in [7, 11) is 0. The zero-order valence-electron chi connectivity index (χ0n) is 15.2. The molecule has 2 N–H and O–H groups in total. The lowest BCUT2D eigenvalue weighted by molar-refractivity contribution is -0.126. The SMILES string of the molecule is CC1=CC=C(C(C)C)C(=O)C(O)C(C)CCC(=O)C(CO)=CCC1. The summed E-state index contributed by atoms with van der Waals surface area (Å²) in [6.45, 7) is 7.36. The van der Waals surface area contributed by atoms with Crippen LogP contribution in [0.25, 0.3) is 0 Å². The largest absolute Gasteiger partial charge is 0.392 e. The molecule has 0 fully saturated rings. The summed E-state index contributed by atoms with van der Waals surface area (Å²) in [6.07, 6.45) is 6.50. The molecule has 0 aromatic carbocycles. The number of aliphatic hydroxyl groups is 2. The summed E-state index contributed by atoms with van der Waals surface area (Å²) in [5.74, 6) is -0.651. The lowest BCUT2D eigenvalue weighted by atomic mass is 9.87. The van der Waals surface area contributed by atoms with E-state index in [1.54, 1.807) is 13.0 Å². The average Bonchev–Trinajstić information content (AvgIpc) is 2.54. The van der Waals surface area contributed by atoms with Crippen molar-refractivity contribution in [1.82, 2.24) is 0 Å². The van der Waals surface area contributed by atoms with Gasteiger partial charge < -0.3 is 10.2 Å². The first-order valence-corrected chi connectivity index (χ1v) is 8.70. The molecule has 0 aromatic heterocycles. The lowest BCUT2D eigenvalue weighted by Crippen LogP contribution is -2.31. The Bertz CT molecular complexity index is 552. The van der Waals surface area contributed by atoms with Crippen molar-refractivity contribution in [3.8, 4) is 0 Å². The van der Waals surface area contributed by atoms with Crippen molar-refractivity contribution in [3.63, 3.8) is 0 Å². The Kier molecular flexibility index (Phi) is 8.29. The first-order chi connectivity index (χ1) is 11.3. The predicted octanol–water partition coefficient (Wildman–Crippen LogP) is 3.14. The van der Waals surface area contributed by atoms with Crippen LogP contribution < -0.4 is 0 Å². The number of rotatable bonds is 2. The van der Waals surface area contributed by atoms with E-state index in [1.807, 2.05) is 32.9 Å². The normalized spacial score (nSPS) is 25.0. The van der Waals surface area contributed by atoms with E-state index in [2.05, 4.69) is 0 Å². The molecule has 0 aromatic rings. The summed E-state index contributed by atoms with van der Waals surface area (Å²) in [5.41, 5.74) is 2.12. The zero-order chi connectivity index (χ0) is 18.3. The van der Waals surface area contributed by atoms with Crippen molar-refractivity contribution in [2.75, 3.05) is 6.61 Å². The second-order valence-corrected chi connectivity index (χ2v) is 6.96. The van der Waals surface area contributed by atoms with Gasteiger partial charge in [-0.05, 0) is 38.0 Å². The summed E-state index contributed by atoms with van der Waals surface area (Å²) >= 11 is 0. The van der Waals surface area contributed by atoms with Gasteiger partial charge in [0, 0.05) is 17.6 Å². The molecule has 0 amide bonds. The van der Waals surface area contributed by atoms with Gasteiger partial charge in [0.2, 0.25) is 0 Å². The van der Waals surface area contributed by atoms with E-state index in [-0.39, 0.29) is 36.4 Å². The van der Waals surface area contributed by atoms with Crippen LogP contribution in [-0.2, 0) is 9.59 Å². The number of hydrogen-bond donors (Lipinski definition) is 2. The molecule has 134 valence electrons. The number of Topliss-reactive ketones (excluding diaryl/α,β-unsaturated/α-hetero) is 2.